The average Bonchev–Trinajstić information content (AvgIpc) is 2.33. The molecule has 1 unspecified atom stereocenters. The van der Waals surface area contributed by atoms with E-state index in [-0.39, 0.29) is 5.82 Å². The van der Waals surface area contributed by atoms with Gasteiger partial charge in [-0.1, -0.05) is 22.0 Å². The summed E-state index contributed by atoms with van der Waals surface area (Å²) in [7, 11) is 1.99. The molecule has 0 saturated carbocycles. The molecule has 1 aliphatic heterocycles. The second-order valence-corrected chi connectivity index (χ2v) is 5.51. The molecule has 1 fully saturated rings. The Bertz CT molecular complexity index is 384. The number of likely N-dealkylation sites (tertiary alicyclic amines) is 1. The van der Waals surface area contributed by atoms with Crippen LogP contribution in [0.4, 0.5) is 4.39 Å². The highest BCUT2D eigenvalue weighted by atomic mass is 79.9. The van der Waals surface area contributed by atoms with Crippen molar-refractivity contribution in [3.05, 3.63) is 34.1 Å². The lowest BCUT2D eigenvalue weighted by Gasteiger charge is -2.32. The molecule has 0 aromatic heterocycles. The van der Waals surface area contributed by atoms with Gasteiger partial charge in [-0.25, -0.2) is 4.39 Å². The topological polar surface area (TPSA) is 15.3 Å². The molecule has 1 atom stereocenters. The SMILES string of the molecule is CNC1CCCN(Cc2ccc(Br)cc2F)C1. The smallest absolute Gasteiger partial charge is 0.128 e. The molecule has 0 aliphatic carbocycles. The fraction of sp³-hybridized carbons (Fsp3) is 0.538. The first-order valence-corrected chi connectivity index (χ1v) is 6.82. The van der Waals surface area contributed by atoms with E-state index in [2.05, 4.69) is 26.1 Å². The van der Waals surface area contributed by atoms with Gasteiger partial charge in [-0.2, -0.15) is 0 Å². The molecule has 1 aliphatic rings. The summed E-state index contributed by atoms with van der Waals surface area (Å²) >= 11 is 3.28. The summed E-state index contributed by atoms with van der Waals surface area (Å²) in [6.07, 6.45) is 2.40. The molecule has 0 bridgehead atoms. The van der Waals surface area contributed by atoms with E-state index in [9.17, 15) is 4.39 Å². The molecule has 4 heteroatoms. The van der Waals surface area contributed by atoms with Gasteiger partial charge in [-0.3, -0.25) is 4.90 Å². The normalized spacial score (nSPS) is 21.7. The molecule has 1 heterocycles. The molecule has 1 aromatic carbocycles. The number of halogens is 2. The van der Waals surface area contributed by atoms with Gasteiger partial charge >= 0.3 is 0 Å². The van der Waals surface area contributed by atoms with Gasteiger partial charge in [-0.15, -0.1) is 0 Å². The van der Waals surface area contributed by atoms with E-state index >= 15 is 0 Å². The molecule has 0 amide bonds. The minimum atomic E-state index is -0.119. The second kappa shape index (κ2) is 5.94. The number of nitrogens with one attached hydrogen (secondary N) is 1. The Kier molecular flexibility index (Phi) is 4.54. The van der Waals surface area contributed by atoms with Crippen LogP contribution in [0.15, 0.2) is 22.7 Å². The van der Waals surface area contributed by atoms with E-state index < -0.39 is 0 Å². The Labute approximate surface area is 110 Å². The molecular weight excluding hydrogens is 283 g/mol. The van der Waals surface area contributed by atoms with E-state index in [1.54, 1.807) is 0 Å². The van der Waals surface area contributed by atoms with Crippen LogP contribution in [0.1, 0.15) is 18.4 Å². The van der Waals surface area contributed by atoms with Gasteiger partial charge in [0.2, 0.25) is 0 Å². The van der Waals surface area contributed by atoms with Crippen molar-refractivity contribution >= 4 is 15.9 Å². The van der Waals surface area contributed by atoms with Crippen LogP contribution in [-0.2, 0) is 6.54 Å². The van der Waals surface area contributed by atoms with Gasteiger partial charge in [0, 0.05) is 29.2 Å². The maximum Gasteiger partial charge on any atom is 0.128 e. The number of nitrogens with zero attached hydrogens (tertiary/aromatic N) is 1. The molecule has 0 spiro atoms. The summed E-state index contributed by atoms with van der Waals surface area (Å²) in [5, 5.41) is 3.30. The van der Waals surface area contributed by atoms with E-state index in [0.717, 1.165) is 23.1 Å². The summed E-state index contributed by atoms with van der Waals surface area (Å²) in [5.74, 6) is -0.119. The van der Waals surface area contributed by atoms with Crippen LogP contribution < -0.4 is 5.32 Å². The van der Waals surface area contributed by atoms with E-state index in [1.165, 1.54) is 18.9 Å². The van der Waals surface area contributed by atoms with Crippen molar-refractivity contribution in [2.24, 2.45) is 0 Å². The third-order valence-corrected chi connectivity index (χ3v) is 3.82. The zero-order valence-corrected chi connectivity index (χ0v) is 11.6. The first-order valence-electron chi connectivity index (χ1n) is 6.02. The number of benzene rings is 1. The quantitative estimate of drug-likeness (QED) is 0.923. The molecular formula is C13H18BrFN2. The fourth-order valence-electron chi connectivity index (χ4n) is 2.33. The third-order valence-electron chi connectivity index (χ3n) is 3.32. The van der Waals surface area contributed by atoms with Crippen molar-refractivity contribution in [3.8, 4) is 0 Å². The van der Waals surface area contributed by atoms with Crippen molar-refractivity contribution in [2.75, 3.05) is 20.1 Å². The van der Waals surface area contributed by atoms with Crippen molar-refractivity contribution in [2.45, 2.75) is 25.4 Å². The number of hydrogen-bond donors (Lipinski definition) is 1. The fourth-order valence-corrected chi connectivity index (χ4v) is 2.66. The van der Waals surface area contributed by atoms with Crippen LogP contribution in [0, 0.1) is 5.82 Å². The Hall–Kier alpha value is -0.450. The number of piperidine rings is 1. The highest BCUT2D eigenvalue weighted by Gasteiger charge is 2.19. The molecule has 0 radical (unpaired) electrons. The van der Waals surface area contributed by atoms with Crippen LogP contribution in [0.5, 0.6) is 0 Å². The van der Waals surface area contributed by atoms with Crippen molar-refractivity contribution < 1.29 is 4.39 Å². The lowest BCUT2D eigenvalue weighted by Crippen LogP contribution is -2.43. The summed E-state index contributed by atoms with van der Waals surface area (Å²) in [4.78, 5) is 2.32. The predicted octanol–water partition coefficient (Wildman–Crippen LogP) is 2.77. The van der Waals surface area contributed by atoms with Gasteiger partial charge in [0.15, 0.2) is 0 Å². The van der Waals surface area contributed by atoms with Crippen molar-refractivity contribution in [3.63, 3.8) is 0 Å². The summed E-state index contributed by atoms with van der Waals surface area (Å²) in [6, 6.07) is 5.84. The van der Waals surface area contributed by atoms with Gasteiger partial charge in [0.25, 0.3) is 0 Å². The minimum Gasteiger partial charge on any atom is -0.316 e. The zero-order chi connectivity index (χ0) is 12.3. The molecule has 94 valence electrons. The maximum atomic E-state index is 13.7. The summed E-state index contributed by atoms with van der Waals surface area (Å²) in [6.45, 7) is 2.77. The Morgan fingerprint density at radius 3 is 3.06 bits per heavy atom. The average molecular weight is 301 g/mol. The van der Waals surface area contributed by atoms with Crippen LogP contribution in [0.25, 0.3) is 0 Å². The van der Waals surface area contributed by atoms with E-state index in [1.807, 2.05) is 19.2 Å². The van der Waals surface area contributed by atoms with Gasteiger partial charge in [-0.05, 0) is 38.6 Å². The lowest BCUT2D eigenvalue weighted by molar-refractivity contribution is 0.186. The zero-order valence-electron chi connectivity index (χ0n) is 10.0. The van der Waals surface area contributed by atoms with Gasteiger partial charge < -0.3 is 5.32 Å². The van der Waals surface area contributed by atoms with Crippen LogP contribution in [-0.4, -0.2) is 31.1 Å². The Morgan fingerprint density at radius 1 is 1.53 bits per heavy atom. The van der Waals surface area contributed by atoms with Gasteiger partial charge in [0.05, 0.1) is 0 Å². The monoisotopic (exact) mass is 300 g/mol. The second-order valence-electron chi connectivity index (χ2n) is 4.60. The van der Waals surface area contributed by atoms with Crippen LogP contribution in [0.3, 0.4) is 0 Å². The highest BCUT2D eigenvalue weighted by Crippen LogP contribution is 2.19. The molecule has 1 aromatic rings. The standard InChI is InChI=1S/C13H18BrFN2/c1-16-12-3-2-6-17(9-12)8-10-4-5-11(14)7-13(10)15/h4-5,7,12,16H,2-3,6,8-9H2,1H3. The maximum absolute atomic E-state index is 13.7. The number of likely N-dealkylation sites (N-methyl/N-ethyl adjacent to an activating group) is 1. The summed E-state index contributed by atoms with van der Waals surface area (Å²) < 4.78 is 14.5. The minimum absolute atomic E-state index is 0.119. The van der Waals surface area contributed by atoms with Crippen molar-refractivity contribution in [1.29, 1.82) is 0 Å². The van der Waals surface area contributed by atoms with Crippen molar-refractivity contribution in [1.82, 2.24) is 10.2 Å². The summed E-state index contributed by atoms with van der Waals surface area (Å²) in [5.41, 5.74) is 0.782. The number of hydrogen-bond acceptors (Lipinski definition) is 2. The predicted molar refractivity (Wildman–Crippen MR) is 71.5 cm³/mol. The van der Waals surface area contributed by atoms with E-state index in [0.29, 0.717) is 12.6 Å². The Morgan fingerprint density at radius 2 is 2.35 bits per heavy atom. The first kappa shape index (κ1) is 13.0. The largest absolute Gasteiger partial charge is 0.316 e. The lowest BCUT2D eigenvalue weighted by atomic mass is 10.0. The molecule has 1 N–H and O–H groups in total. The van der Waals surface area contributed by atoms with Gasteiger partial charge in [0.1, 0.15) is 5.82 Å². The molecule has 2 rings (SSSR count). The number of rotatable bonds is 3. The Balaban J connectivity index is 2.00. The third kappa shape index (κ3) is 3.50. The molecule has 1 saturated heterocycles. The van der Waals surface area contributed by atoms with Crippen LogP contribution in [0.2, 0.25) is 0 Å². The van der Waals surface area contributed by atoms with E-state index in [4.69, 9.17) is 0 Å². The van der Waals surface area contributed by atoms with Crippen LogP contribution >= 0.6 is 15.9 Å². The highest BCUT2D eigenvalue weighted by molar-refractivity contribution is 9.10. The molecule has 2 nitrogen and oxygen atoms in total. The first-order chi connectivity index (χ1) is 8.19. The molecule has 17 heavy (non-hydrogen) atoms.